The lowest BCUT2D eigenvalue weighted by molar-refractivity contribution is 0.0952. The van der Waals surface area contributed by atoms with E-state index in [1.165, 1.54) is 25.0 Å². The zero-order chi connectivity index (χ0) is 25.5. The van der Waals surface area contributed by atoms with Crippen molar-refractivity contribution < 1.29 is 9.18 Å². The Hall–Kier alpha value is -3.51. The molecule has 0 unspecified atom stereocenters. The number of nitrogens with zero attached hydrogens (tertiary/aromatic N) is 3. The number of para-hydroxylation sites is 2. The van der Waals surface area contributed by atoms with Crippen LogP contribution in [0.5, 0.6) is 0 Å². The van der Waals surface area contributed by atoms with Crippen LogP contribution in [-0.4, -0.2) is 46.5 Å². The monoisotopic (exact) mass is 498 g/mol. The molecule has 0 aliphatic carbocycles. The van der Waals surface area contributed by atoms with Gasteiger partial charge in [0.2, 0.25) is 0 Å². The molecule has 2 heterocycles. The number of aromatic nitrogens is 2. The summed E-state index contributed by atoms with van der Waals surface area (Å²) in [6.07, 6.45) is 5.39. The van der Waals surface area contributed by atoms with Gasteiger partial charge >= 0.3 is 0 Å². The molecule has 0 atom stereocenters. The highest BCUT2D eigenvalue weighted by Gasteiger charge is 2.22. The number of nitrogens with one attached hydrogen (secondary N) is 1. The predicted molar refractivity (Wildman–Crippen MR) is 146 cm³/mol. The van der Waals surface area contributed by atoms with Crippen LogP contribution in [0.1, 0.15) is 47.4 Å². The first-order valence-corrected chi connectivity index (χ1v) is 13.4. The molecule has 1 aliphatic heterocycles. The summed E-state index contributed by atoms with van der Waals surface area (Å²) in [5.41, 5.74) is 3.96. The van der Waals surface area contributed by atoms with Crippen LogP contribution >= 0.6 is 0 Å². The number of rotatable bonds is 10. The van der Waals surface area contributed by atoms with Gasteiger partial charge in [-0.1, -0.05) is 42.5 Å². The zero-order valence-electron chi connectivity index (χ0n) is 21.3. The Bertz CT molecular complexity index is 1290. The molecule has 1 N–H and O–H groups in total. The van der Waals surface area contributed by atoms with E-state index in [0.717, 1.165) is 66.9 Å². The third-order valence-electron chi connectivity index (χ3n) is 7.39. The second-order valence-corrected chi connectivity index (χ2v) is 10.0. The molecule has 6 heteroatoms. The Balaban J connectivity index is 1.09. The maximum absolute atomic E-state index is 13.4. The SMILES string of the molecule is O=C(NCCCCN1CCC(Cc2nc3ccccc3n2Cc2ccc(F)cc2)CC1)c1ccccc1. The summed E-state index contributed by atoms with van der Waals surface area (Å²) in [6, 6.07) is 24.5. The van der Waals surface area contributed by atoms with Crippen molar-refractivity contribution in [3.8, 4) is 0 Å². The van der Waals surface area contributed by atoms with E-state index in [-0.39, 0.29) is 11.7 Å². The number of piperidine rings is 1. The summed E-state index contributed by atoms with van der Waals surface area (Å²) in [5, 5.41) is 3.02. The molecule has 0 radical (unpaired) electrons. The smallest absolute Gasteiger partial charge is 0.251 e. The number of hydrogen-bond donors (Lipinski definition) is 1. The quantitative estimate of drug-likeness (QED) is 0.286. The zero-order valence-corrected chi connectivity index (χ0v) is 21.3. The van der Waals surface area contributed by atoms with Crippen LogP contribution in [0.3, 0.4) is 0 Å². The maximum Gasteiger partial charge on any atom is 0.251 e. The minimum Gasteiger partial charge on any atom is -0.352 e. The highest BCUT2D eigenvalue weighted by Crippen LogP contribution is 2.25. The van der Waals surface area contributed by atoms with E-state index in [2.05, 4.69) is 33.0 Å². The van der Waals surface area contributed by atoms with Crippen LogP contribution in [0.2, 0.25) is 0 Å². The number of halogens is 1. The van der Waals surface area contributed by atoms with Crippen molar-refractivity contribution in [1.29, 1.82) is 0 Å². The van der Waals surface area contributed by atoms with Gasteiger partial charge in [0.1, 0.15) is 11.6 Å². The molecule has 3 aromatic carbocycles. The molecule has 1 saturated heterocycles. The average molecular weight is 499 g/mol. The lowest BCUT2D eigenvalue weighted by atomic mass is 9.93. The van der Waals surface area contributed by atoms with Crippen LogP contribution < -0.4 is 5.32 Å². The summed E-state index contributed by atoms with van der Waals surface area (Å²) in [6.45, 7) is 4.72. The summed E-state index contributed by atoms with van der Waals surface area (Å²) >= 11 is 0. The van der Waals surface area contributed by atoms with Gasteiger partial charge in [0.25, 0.3) is 5.91 Å². The molecular formula is C31H35FN4O. The Labute approximate surface area is 218 Å². The molecule has 0 bridgehead atoms. The van der Waals surface area contributed by atoms with E-state index in [1.54, 1.807) is 0 Å². The molecule has 1 fully saturated rings. The van der Waals surface area contributed by atoms with Crippen molar-refractivity contribution in [2.45, 2.75) is 38.6 Å². The Kier molecular flexibility index (Phi) is 8.26. The summed E-state index contributed by atoms with van der Waals surface area (Å²) in [4.78, 5) is 19.7. The highest BCUT2D eigenvalue weighted by molar-refractivity contribution is 5.94. The van der Waals surface area contributed by atoms with Gasteiger partial charge in [-0.15, -0.1) is 0 Å². The lowest BCUT2D eigenvalue weighted by Gasteiger charge is -2.32. The first kappa shape index (κ1) is 25.2. The van der Waals surface area contributed by atoms with Crippen LogP contribution in [-0.2, 0) is 13.0 Å². The van der Waals surface area contributed by atoms with Crippen molar-refractivity contribution in [2.24, 2.45) is 5.92 Å². The number of amides is 1. The molecular weight excluding hydrogens is 463 g/mol. The van der Waals surface area contributed by atoms with Gasteiger partial charge in [-0.3, -0.25) is 4.79 Å². The van der Waals surface area contributed by atoms with Crippen molar-refractivity contribution in [3.63, 3.8) is 0 Å². The van der Waals surface area contributed by atoms with E-state index in [9.17, 15) is 9.18 Å². The second kappa shape index (κ2) is 12.2. The average Bonchev–Trinajstić information content (AvgIpc) is 3.27. The Morgan fingerprint density at radius 1 is 0.919 bits per heavy atom. The van der Waals surface area contributed by atoms with Crippen molar-refractivity contribution in [2.75, 3.05) is 26.2 Å². The fourth-order valence-electron chi connectivity index (χ4n) is 5.26. The predicted octanol–water partition coefficient (Wildman–Crippen LogP) is 5.69. The van der Waals surface area contributed by atoms with Crippen LogP contribution in [0, 0.1) is 11.7 Å². The third kappa shape index (κ3) is 6.63. The highest BCUT2D eigenvalue weighted by atomic mass is 19.1. The number of carbonyl (C=O) groups excluding carboxylic acids is 1. The van der Waals surface area contributed by atoms with E-state index < -0.39 is 0 Å². The van der Waals surface area contributed by atoms with Gasteiger partial charge in [0.15, 0.2) is 0 Å². The number of hydrogen-bond acceptors (Lipinski definition) is 3. The normalized spacial score (nSPS) is 14.7. The fourth-order valence-corrected chi connectivity index (χ4v) is 5.26. The summed E-state index contributed by atoms with van der Waals surface area (Å²) in [5.74, 6) is 1.54. The van der Waals surface area contributed by atoms with E-state index in [0.29, 0.717) is 19.0 Å². The molecule has 1 aliphatic rings. The minimum atomic E-state index is -0.205. The van der Waals surface area contributed by atoms with E-state index in [4.69, 9.17) is 4.98 Å². The fraction of sp³-hybridized carbons (Fsp3) is 0.355. The van der Waals surface area contributed by atoms with Crippen molar-refractivity contribution in [1.82, 2.24) is 19.8 Å². The van der Waals surface area contributed by atoms with Gasteiger partial charge in [0.05, 0.1) is 11.0 Å². The minimum absolute atomic E-state index is 0.00636. The number of likely N-dealkylation sites (tertiary alicyclic amines) is 1. The Morgan fingerprint density at radius 2 is 1.65 bits per heavy atom. The molecule has 5 nitrogen and oxygen atoms in total. The molecule has 1 amide bonds. The van der Waals surface area contributed by atoms with Gasteiger partial charge in [0, 0.05) is 25.1 Å². The second-order valence-electron chi connectivity index (χ2n) is 10.0. The largest absolute Gasteiger partial charge is 0.352 e. The van der Waals surface area contributed by atoms with Crippen LogP contribution in [0.25, 0.3) is 11.0 Å². The number of imidazole rings is 1. The van der Waals surface area contributed by atoms with E-state index >= 15 is 0 Å². The number of benzene rings is 3. The number of fused-ring (bicyclic) bond motifs is 1. The molecule has 5 rings (SSSR count). The van der Waals surface area contributed by atoms with Crippen LogP contribution in [0.4, 0.5) is 4.39 Å². The van der Waals surface area contributed by atoms with Gasteiger partial charge in [-0.05, 0) is 93.2 Å². The molecule has 0 saturated carbocycles. The molecule has 0 spiro atoms. The molecule has 37 heavy (non-hydrogen) atoms. The first-order valence-electron chi connectivity index (χ1n) is 13.4. The van der Waals surface area contributed by atoms with E-state index in [1.807, 2.05) is 48.5 Å². The van der Waals surface area contributed by atoms with Gasteiger partial charge < -0.3 is 14.8 Å². The van der Waals surface area contributed by atoms with Crippen molar-refractivity contribution in [3.05, 3.63) is 102 Å². The lowest BCUT2D eigenvalue weighted by Crippen LogP contribution is -2.35. The first-order chi connectivity index (χ1) is 18.2. The molecule has 4 aromatic rings. The topological polar surface area (TPSA) is 50.2 Å². The standard InChI is InChI=1S/C31H35FN4O/c32-27-14-12-25(13-15-27)23-36-29-11-5-4-10-28(29)34-30(36)22-24-16-20-35(21-17-24)19-7-6-18-33-31(37)26-8-2-1-3-9-26/h1-5,8-15,24H,6-7,16-23H2,(H,33,37). The third-order valence-corrected chi connectivity index (χ3v) is 7.39. The number of unbranched alkanes of at least 4 members (excludes halogenated alkanes) is 1. The number of carbonyl (C=O) groups is 1. The van der Waals surface area contributed by atoms with Gasteiger partial charge in [-0.25, -0.2) is 9.37 Å². The van der Waals surface area contributed by atoms with Gasteiger partial charge in [-0.2, -0.15) is 0 Å². The van der Waals surface area contributed by atoms with Crippen LogP contribution in [0.15, 0.2) is 78.9 Å². The molecule has 192 valence electrons. The summed E-state index contributed by atoms with van der Waals surface area (Å²) in [7, 11) is 0. The molecule has 1 aromatic heterocycles. The Morgan fingerprint density at radius 3 is 2.43 bits per heavy atom. The summed E-state index contributed by atoms with van der Waals surface area (Å²) < 4.78 is 15.7. The maximum atomic E-state index is 13.4. The van der Waals surface area contributed by atoms with Crippen molar-refractivity contribution >= 4 is 16.9 Å².